The van der Waals surface area contributed by atoms with Crippen molar-refractivity contribution < 1.29 is 14.2 Å². The van der Waals surface area contributed by atoms with Gasteiger partial charge in [-0.25, -0.2) is 4.39 Å². The van der Waals surface area contributed by atoms with Gasteiger partial charge in [-0.05, 0) is 44.4 Å². The zero-order valence-electron chi connectivity index (χ0n) is 12.5. The van der Waals surface area contributed by atoms with Crippen molar-refractivity contribution in [3.8, 4) is 5.75 Å². The number of halogens is 1. The highest BCUT2D eigenvalue weighted by Gasteiger charge is 2.25. The Morgan fingerprint density at radius 2 is 2.05 bits per heavy atom. The summed E-state index contributed by atoms with van der Waals surface area (Å²) in [6, 6.07) is 6.42. The van der Waals surface area contributed by atoms with Gasteiger partial charge in [-0.2, -0.15) is 0 Å². The van der Waals surface area contributed by atoms with Gasteiger partial charge in [-0.3, -0.25) is 0 Å². The minimum atomic E-state index is -0.333. The van der Waals surface area contributed by atoms with Gasteiger partial charge in [0, 0.05) is 5.54 Å². The van der Waals surface area contributed by atoms with Gasteiger partial charge in [0.2, 0.25) is 0 Å². The topological polar surface area (TPSA) is 41.5 Å². The number of benzene rings is 1. The molecule has 0 amide bonds. The predicted octanol–water partition coefficient (Wildman–Crippen LogP) is 3.13. The van der Waals surface area contributed by atoms with E-state index in [1.165, 1.54) is 6.07 Å². The van der Waals surface area contributed by atoms with Crippen molar-refractivity contribution in [2.75, 3.05) is 19.8 Å². The Morgan fingerprint density at radius 3 is 2.65 bits per heavy atom. The first-order valence-electron chi connectivity index (χ1n) is 7.40. The first-order valence-corrected chi connectivity index (χ1v) is 7.40. The molecule has 3 nitrogen and oxygen atoms in total. The van der Waals surface area contributed by atoms with Crippen LogP contribution in [0.1, 0.15) is 39.5 Å². The molecule has 0 saturated heterocycles. The van der Waals surface area contributed by atoms with E-state index < -0.39 is 0 Å². The van der Waals surface area contributed by atoms with Gasteiger partial charge < -0.3 is 15.2 Å². The van der Waals surface area contributed by atoms with Crippen molar-refractivity contribution in [1.29, 1.82) is 0 Å². The van der Waals surface area contributed by atoms with Gasteiger partial charge in [0.1, 0.15) is 0 Å². The molecule has 1 atom stereocenters. The highest BCUT2D eigenvalue weighted by Crippen LogP contribution is 2.19. The van der Waals surface area contributed by atoms with E-state index in [1.54, 1.807) is 18.2 Å². The summed E-state index contributed by atoms with van der Waals surface area (Å²) in [5.41, 5.74) is -0.241. The Kier molecular flexibility index (Phi) is 7.55. The summed E-state index contributed by atoms with van der Waals surface area (Å²) in [6.07, 6.45) is 3.49. The summed E-state index contributed by atoms with van der Waals surface area (Å²) in [6.45, 7) is 5.63. The van der Waals surface area contributed by atoms with Crippen LogP contribution in [0.5, 0.6) is 5.75 Å². The molecule has 0 fully saturated rings. The molecule has 0 heterocycles. The zero-order valence-corrected chi connectivity index (χ0v) is 12.5. The second-order valence-corrected chi connectivity index (χ2v) is 5.10. The van der Waals surface area contributed by atoms with Crippen molar-refractivity contribution >= 4 is 0 Å². The molecular weight excluding hydrogens is 257 g/mol. The van der Waals surface area contributed by atoms with E-state index in [-0.39, 0.29) is 18.0 Å². The number of nitrogens with one attached hydrogen (secondary N) is 1. The number of rotatable bonds is 10. The molecule has 1 aromatic rings. The molecule has 4 heteroatoms. The van der Waals surface area contributed by atoms with Crippen molar-refractivity contribution in [1.82, 2.24) is 5.32 Å². The van der Waals surface area contributed by atoms with Gasteiger partial charge in [-0.15, -0.1) is 0 Å². The Hall–Kier alpha value is -1.13. The molecule has 1 aromatic carbocycles. The van der Waals surface area contributed by atoms with Gasteiger partial charge >= 0.3 is 0 Å². The number of ether oxygens (including phenoxy) is 1. The summed E-state index contributed by atoms with van der Waals surface area (Å²) in [7, 11) is 0. The van der Waals surface area contributed by atoms with Crippen LogP contribution < -0.4 is 10.1 Å². The molecule has 114 valence electrons. The molecule has 0 saturated carbocycles. The molecule has 0 aliphatic carbocycles. The van der Waals surface area contributed by atoms with E-state index in [1.807, 2.05) is 0 Å². The van der Waals surface area contributed by atoms with Gasteiger partial charge in [0.15, 0.2) is 11.6 Å². The first-order chi connectivity index (χ1) is 9.67. The lowest BCUT2D eigenvalue weighted by molar-refractivity contribution is 0.137. The summed E-state index contributed by atoms with van der Waals surface area (Å²) in [5.74, 6) is -0.0411. The van der Waals surface area contributed by atoms with Crippen LogP contribution in [0.4, 0.5) is 4.39 Å². The fourth-order valence-corrected chi connectivity index (χ4v) is 2.18. The molecule has 20 heavy (non-hydrogen) atoms. The Balaban J connectivity index is 2.39. The van der Waals surface area contributed by atoms with Crippen LogP contribution in [0.2, 0.25) is 0 Å². The van der Waals surface area contributed by atoms with Gasteiger partial charge in [-0.1, -0.05) is 26.0 Å². The standard InChI is InChI=1S/C16H26FNO2/c1-3-11-18-16(4-2,13-19)10-7-12-20-15-9-6-5-8-14(15)17/h5-6,8-9,18-19H,3-4,7,10-13H2,1-2H3. The lowest BCUT2D eigenvalue weighted by Crippen LogP contribution is -2.48. The van der Waals surface area contributed by atoms with Gasteiger partial charge in [0.05, 0.1) is 13.2 Å². The third-order valence-corrected chi connectivity index (χ3v) is 3.62. The van der Waals surface area contributed by atoms with Crippen molar-refractivity contribution in [2.24, 2.45) is 0 Å². The van der Waals surface area contributed by atoms with Crippen LogP contribution in [-0.4, -0.2) is 30.4 Å². The van der Waals surface area contributed by atoms with Crippen LogP contribution in [-0.2, 0) is 0 Å². The minimum Gasteiger partial charge on any atom is -0.491 e. The maximum atomic E-state index is 13.4. The highest BCUT2D eigenvalue weighted by atomic mass is 19.1. The fraction of sp³-hybridized carbons (Fsp3) is 0.625. The maximum Gasteiger partial charge on any atom is 0.165 e. The molecule has 1 rings (SSSR count). The summed E-state index contributed by atoms with van der Waals surface area (Å²) in [5, 5.41) is 13.0. The third-order valence-electron chi connectivity index (χ3n) is 3.62. The van der Waals surface area contributed by atoms with E-state index in [0.29, 0.717) is 12.4 Å². The van der Waals surface area contributed by atoms with E-state index in [9.17, 15) is 9.50 Å². The van der Waals surface area contributed by atoms with Crippen molar-refractivity contribution in [2.45, 2.75) is 45.1 Å². The first kappa shape index (κ1) is 16.9. The molecule has 0 radical (unpaired) electrons. The molecule has 0 aliphatic heterocycles. The number of para-hydroxylation sites is 1. The predicted molar refractivity (Wildman–Crippen MR) is 79.5 cm³/mol. The van der Waals surface area contributed by atoms with E-state index >= 15 is 0 Å². The van der Waals surface area contributed by atoms with E-state index in [0.717, 1.165) is 32.2 Å². The Labute approximate surface area is 121 Å². The second kappa shape index (κ2) is 8.93. The lowest BCUT2D eigenvalue weighted by Gasteiger charge is -2.32. The number of aliphatic hydroxyl groups excluding tert-OH is 1. The maximum absolute atomic E-state index is 13.4. The molecular formula is C16H26FNO2. The zero-order chi connectivity index (χ0) is 14.8. The average Bonchev–Trinajstić information content (AvgIpc) is 2.49. The smallest absolute Gasteiger partial charge is 0.165 e. The van der Waals surface area contributed by atoms with Crippen LogP contribution in [0, 0.1) is 5.82 Å². The Morgan fingerprint density at radius 1 is 1.30 bits per heavy atom. The quantitative estimate of drug-likeness (QED) is 0.648. The van der Waals surface area contributed by atoms with Gasteiger partial charge in [0.25, 0.3) is 0 Å². The number of hydrogen-bond donors (Lipinski definition) is 2. The van der Waals surface area contributed by atoms with Crippen LogP contribution in [0.25, 0.3) is 0 Å². The van der Waals surface area contributed by atoms with Crippen LogP contribution in [0.3, 0.4) is 0 Å². The van der Waals surface area contributed by atoms with Crippen LogP contribution in [0.15, 0.2) is 24.3 Å². The van der Waals surface area contributed by atoms with E-state index in [2.05, 4.69) is 19.2 Å². The second-order valence-electron chi connectivity index (χ2n) is 5.10. The lowest BCUT2D eigenvalue weighted by atomic mass is 9.91. The van der Waals surface area contributed by atoms with Crippen LogP contribution >= 0.6 is 0 Å². The number of hydrogen-bond acceptors (Lipinski definition) is 3. The minimum absolute atomic E-state index is 0.114. The third kappa shape index (κ3) is 5.10. The van der Waals surface area contributed by atoms with Crippen molar-refractivity contribution in [3.63, 3.8) is 0 Å². The molecule has 0 bridgehead atoms. The fourth-order valence-electron chi connectivity index (χ4n) is 2.18. The molecule has 0 aromatic heterocycles. The molecule has 2 N–H and O–H groups in total. The molecule has 0 aliphatic rings. The van der Waals surface area contributed by atoms with E-state index in [4.69, 9.17) is 4.74 Å². The monoisotopic (exact) mass is 283 g/mol. The Bertz CT molecular complexity index is 380. The largest absolute Gasteiger partial charge is 0.491 e. The average molecular weight is 283 g/mol. The molecule has 1 unspecified atom stereocenters. The van der Waals surface area contributed by atoms with Crippen molar-refractivity contribution in [3.05, 3.63) is 30.1 Å². The number of aliphatic hydroxyl groups is 1. The SMILES string of the molecule is CCCNC(CC)(CO)CCCOc1ccccc1F. The molecule has 0 spiro atoms. The summed E-state index contributed by atoms with van der Waals surface area (Å²) in [4.78, 5) is 0. The summed E-state index contributed by atoms with van der Waals surface area (Å²) >= 11 is 0. The normalized spacial score (nSPS) is 14.0. The summed E-state index contributed by atoms with van der Waals surface area (Å²) < 4.78 is 18.8. The highest BCUT2D eigenvalue weighted by molar-refractivity contribution is 5.23.